The van der Waals surface area contributed by atoms with E-state index in [1.807, 2.05) is 56.4 Å². The fraction of sp³-hybridized carbons (Fsp3) is 0.276. The Morgan fingerprint density at radius 1 is 1.06 bits per heavy atom. The number of rotatable bonds is 3. The maximum atomic E-state index is 12.9. The third-order valence-electron chi connectivity index (χ3n) is 6.81. The van der Waals surface area contributed by atoms with Crippen LogP contribution in [0.5, 0.6) is 0 Å². The summed E-state index contributed by atoms with van der Waals surface area (Å²) in [5, 5.41) is 13.6. The van der Waals surface area contributed by atoms with Crippen LogP contribution in [-0.4, -0.2) is 31.7 Å². The molecule has 36 heavy (non-hydrogen) atoms. The average Bonchev–Trinajstić information content (AvgIpc) is 3.24. The first kappa shape index (κ1) is 23.6. The fourth-order valence-corrected chi connectivity index (χ4v) is 4.78. The van der Waals surface area contributed by atoms with Gasteiger partial charge in [0.15, 0.2) is 0 Å². The molecule has 1 aliphatic carbocycles. The Morgan fingerprint density at radius 2 is 1.83 bits per heavy atom. The van der Waals surface area contributed by atoms with E-state index in [1.165, 1.54) is 6.33 Å². The van der Waals surface area contributed by atoms with Crippen LogP contribution < -0.4 is 11.1 Å². The average molecular weight is 480 g/mol. The predicted octanol–water partition coefficient (Wildman–Crippen LogP) is 4.76. The Balaban J connectivity index is 1.47. The Morgan fingerprint density at radius 3 is 2.61 bits per heavy atom. The Labute approximate surface area is 210 Å². The minimum absolute atomic E-state index is 0.183. The molecule has 0 atom stereocenters. The number of carbonyl (C=O) groups excluding carboxylic acids is 1. The molecule has 4 aromatic rings. The number of aromatic nitrogens is 3. The molecule has 0 radical (unpaired) electrons. The van der Waals surface area contributed by atoms with Gasteiger partial charge in [-0.25, -0.2) is 9.97 Å². The molecule has 0 unspecified atom stereocenters. The summed E-state index contributed by atoms with van der Waals surface area (Å²) in [4.78, 5) is 21.6. The molecule has 4 N–H and O–H groups in total. The third kappa shape index (κ3) is 4.81. The first-order valence-electron chi connectivity index (χ1n) is 12.2. The van der Waals surface area contributed by atoms with Crippen LogP contribution in [0.15, 0.2) is 55.0 Å². The minimum atomic E-state index is -0.236. The van der Waals surface area contributed by atoms with Crippen LogP contribution in [-0.2, 0) is 0 Å². The number of fused-ring (bicyclic) bond motifs is 1. The first-order valence-corrected chi connectivity index (χ1v) is 12.2. The highest BCUT2D eigenvalue weighted by Gasteiger charge is 2.24. The van der Waals surface area contributed by atoms with Gasteiger partial charge in [-0.3, -0.25) is 4.79 Å². The molecular formula is C29H29N5O2. The number of nitrogens with two attached hydrogens (primary N) is 1. The maximum Gasteiger partial charge on any atom is 0.255 e. The van der Waals surface area contributed by atoms with E-state index in [2.05, 4.69) is 31.7 Å². The number of carbonyl (C=O) groups is 1. The van der Waals surface area contributed by atoms with Gasteiger partial charge in [0.1, 0.15) is 17.8 Å². The molecule has 2 aromatic carbocycles. The smallest absolute Gasteiger partial charge is 0.255 e. The summed E-state index contributed by atoms with van der Waals surface area (Å²) < 4.78 is 2.13. The van der Waals surface area contributed by atoms with Crippen molar-refractivity contribution in [3.63, 3.8) is 0 Å². The van der Waals surface area contributed by atoms with E-state index in [1.54, 1.807) is 6.07 Å². The number of nitrogen functional groups attached to an aromatic ring is 1. The monoisotopic (exact) mass is 479 g/mol. The molecule has 1 saturated carbocycles. The number of hydrogen-bond acceptors (Lipinski definition) is 5. The molecule has 0 saturated heterocycles. The van der Waals surface area contributed by atoms with Crippen LogP contribution in [0.3, 0.4) is 0 Å². The summed E-state index contributed by atoms with van der Waals surface area (Å²) in [6.45, 7) is 3.96. The lowest BCUT2D eigenvalue weighted by atomic mass is 9.93. The normalized spacial score (nSPS) is 17.4. The Hall–Kier alpha value is -4.15. The summed E-state index contributed by atoms with van der Waals surface area (Å²) >= 11 is 0. The molecule has 2 heterocycles. The lowest BCUT2D eigenvalue weighted by Crippen LogP contribution is -2.20. The minimum Gasteiger partial charge on any atom is -0.393 e. The molecule has 7 heteroatoms. The molecule has 0 bridgehead atoms. The largest absolute Gasteiger partial charge is 0.393 e. The summed E-state index contributed by atoms with van der Waals surface area (Å²) in [5.41, 5.74) is 11.9. The summed E-state index contributed by atoms with van der Waals surface area (Å²) in [7, 11) is 0. The first-order chi connectivity index (χ1) is 17.4. The van der Waals surface area contributed by atoms with E-state index in [-0.39, 0.29) is 18.1 Å². The zero-order valence-electron chi connectivity index (χ0n) is 20.5. The highest BCUT2D eigenvalue weighted by Crippen LogP contribution is 2.33. The number of aliphatic hydroxyl groups excluding tert-OH is 1. The van der Waals surface area contributed by atoms with Gasteiger partial charge in [0.25, 0.3) is 5.91 Å². The van der Waals surface area contributed by atoms with Crippen molar-refractivity contribution in [3.05, 3.63) is 82.8 Å². The van der Waals surface area contributed by atoms with Crippen LogP contribution in [0, 0.1) is 25.7 Å². The van der Waals surface area contributed by atoms with Gasteiger partial charge >= 0.3 is 0 Å². The number of nitrogens with one attached hydrogen (secondary N) is 1. The van der Waals surface area contributed by atoms with Crippen molar-refractivity contribution in [3.8, 4) is 11.8 Å². The molecule has 0 aliphatic heterocycles. The van der Waals surface area contributed by atoms with Gasteiger partial charge in [0.05, 0.1) is 17.1 Å². The Bertz CT molecular complexity index is 1500. The maximum absolute atomic E-state index is 12.9. The molecule has 7 nitrogen and oxygen atoms in total. The molecule has 1 aliphatic rings. The third-order valence-corrected chi connectivity index (χ3v) is 6.81. The van der Waals surface area contributed by atoms with Crippen molar-refractivity contribution < 1.29 is 9.90 Å². The van der Waals surface area contributed by atoms with Gasteiger partial charge in [0.2, 0.25) is 0 Å². The van der Waals surface area contributed by atoms with Crippen molar-refractivity contribution in [2.75, 3.05) is 11.1 Å². The number of amides is 1. The summed E-state index contributed by atoms with van der Waals surface area (Å²) in [6.07, 6.45) is 6.52. The van der Waals surface area contributed by atoms with Crippen molar-refractivity contribution in [1.82, 2.24) is 14.5 Å². The fourth-order valence-electron chi connectivity index (χ4n) is 4.78. The summed E-state index contributed by atoms with van der Waals surface area (Å²) in [5.74, 6) is 6.72. The van der Waals surface area contributed by atoms with Gasteiger partial charge in [-0.2, -0.15) is 0 Å². The molecular weight excluding hydrogens is 450 g/mol. The highest BCUT2D eigenvalue weighted by molar-refractivity contribution is 6.04. The lowest BCUT2D eigenvalue weighted by molar-refractivity contribution is 0.102. The number of aliphatic hydroxyl groups is 1. The number of benzene rings is 2. The number of aryl methyl sites for hydroxylation is 2. The Kier molecular flexibility index (Phi) is 6.45. The second kappa shape index (κ2) is 9.84. The van der Waals surface area contributed by atoms with Crippen molar-refractivity contribution in [1.29, 1.82) is 0 Å². The van der Waals surface area contributed by atoms with E-state index in [0.29, 0.717) is 11.4 Å². The van der Waals surface area contributed by atoms with Crippen LogP contribution in [0.2, 0.25) is 0 Å². The standard InChI is InChI=1S/C29H29N5O2/c1-18-4-3-5-23(14-18)33-29(36)21-7-6-19(2)20(15-21)8-9-22-16-34(24-10-12-25(35)13-11-24)28-26(22)27(30)31-17-32-28/h3-7,14-17,24-25,35H,10-13H2,1-2H3,(H,33,36)(H2,30,31,32)/t24-,25-. The van der Waals surface area contributed by atoms with Crippen LogP contribution >= 0.6 is 0 Å². The zero-order chi connectivity index (χ0) is 25.2. The van der Waals surface area contributed by atoms with E-state index in [4.69, 9.17) is 5.73 Å². The quantitative estimate of drug-likeness (QED) is 0.368. The van der Waals surface area contributed by atoms with Gasteiger partial charge in [-0.05, 0) is 74.9 Å². The van der Waals surface area contributed by atoms with Gasteiger partial charge in [-0.15, -0.1) is 0 Å². The number of anilines is 2. The zero-order valence-corrected chi connectivity index (χ0v) is 20.5. The summed E-state index contributed by atoms with van der Waals surface area (Å²) in [6, 6.07) is 13.5. The van der Waals surface area contributed by atoms with Crippen molar-refractivity contribution in [2.45, 2.75) is 51.7 Å². The van der Waals surface area contributed by atoms with Gasteiger partial charge in [-0.1, -0.05) is 30.0 Å². The van der Waals surface area contributed by atoms with E-state index in [0.717, 1.165) is 64.7 Å². The second-order valence-corrected chi connectivity index (χ2v) is 9.47. The van der Waals surface area contributed by atoms with Crippen LogP contribution in [0.4, 0.5) is 11.5 Å². The van der Waals surface area contributed by atoms with Crippen LogP contribution in [0.25, 0.3) is 11.0 Å². The van der Waals surface area contributed by atoms with Crippen LogP contribution in [0.1, 0.15) is 64.3 Å². The molecule has 0 spiro atoms. The molecule has 5 rings (SSSR count). The van der Waals surface area contributed by atoms with Crippen molar-refractivity contribution >= 4 is 28.4 Å². The topological polar surface area (TPSA) is 106 Å². The van der Waals surface area contributed by atoms with E-state index < -0.39 is 0 Å². The molecule has 1 amide bonds. The van der Waals surface area contributed by atoms with Gasteiger partial charge in [0, 0.05) is 29.1 Å². The van der Waals surface area contributed by atoms with Gasteiger partial charge < -0.3 is 20.7 Å². The lowest BCUT2D eigenvalue weighted by Gasteiger charge is -2.26. The number of hydrogen-bond donors (Lipinski definition) is 3. The number of nitrogens with zero attached hydrogens (tertiary/aromatic N) is 3. The SMILES string of the molecule is Cc1cccc(NC(=O)c2ccc(C)c(C#Cc3cn([C@H]4CC[C@H](O)CC4)c4ncnc(N)c34)c2)c1. The van der Waals surface area contributed by atoms with E-state index >= 15 is 0 Å². The van der Waals surface area contributed by atoms with E-state index in [9.17, 15) is 9.90 Å². The molecule has 182 valence electrons. The second-order valence-electron chi connectivity index (χ2n) is 9.47. The highest BCUT2D eigenvalue weighted by atomic mass is 16.3. The predicted molar refractivity (Wildman–Crippen MR) is 142 cm³/mol. The molecule has 2 aromatic heterocycles. The molecule has 1 fully saturated rings. The van der Waals surface area contributed by atoms with Crippen molar-refractivity contribution in [2.24, 2.45) is 0 Å².